The zero-order valence-corrected chi connectivity index (χ0v) is 16.1. The number of fused-ring (bicyclic) bond motifs is 1. The molecule has 1 aromatic heterocycles. The molecule has 0 bridgehead atoms. The average Bonchev–Trinajstić information content (AvgIpc) is 2.98. The fourth-order valence-electron chi connectivity index (χ4n) is 3.27. The summed E-state index contributed by atoms with van der Waals surface area (Å²) in [5.41, 5.74) is 3.44. The number of aromatic nitrogens is 1. The van der Waals surface area contributed by atoms with Crippen molar-refractivity contribution in [2.75, 3.05) is 6.61 Å². The third-order valence-corrected chi connectivity index (χ3v) is 4.67. The van der Waals surface area contributed by atoms with Gasteiger partial charge in [0.15, 0.2) is 0 Å². The molecule has 0 amide bonds. The summed E-state index contributed by atoms with van der Waals surface area (Å²) in [5, 5.41) is 21.4. The van der Waals surface area contributed by atoms with Crippen molar-refractivity contribution in [1.82, 2.24) is 4.57 Å². The molecule has 0 aliphatic heterocycles. The van der Waals surface area contributed by atoms with Crippen LogP contribution in [0.4, 0.5) is 5.69 Å². The standard InChI is InChI=1S/C22H19N3O4/c1-3-29-22(26)14-24-15(2)20(19-6-4-5-7-21(19)24)12-17(13-23)16-8-10-18(11-9-16)25(27)28/h4-12H,3,14H2,1-2H3/b17-12-. The quantitative estimate of drug-likeness (QED) is 0.268. The molecule has 0 saturated heterocycles. The van der Waals surface area contributed by atoms with E-state index in [0.717, 1.165) is 22.2 Å². The van der Waals surface area contributed by atoms with E-state index in [0.29, 0.717) is 17.7 Å². The highest BCUT2D eigenvalue weighted by atomic mass is 16.6. The minimum atomic E-state index is -0.479. The molecule has 0 fully saturated rings. The van der Waals surface area contributed by atoms with Gasteiger partial charge in [0.2, 0.25) is 0 Å². The van der Waals surface area contributed by atoms with Gasteiger partial charge in [-0.1, -0.05) is 18.2 Å². The lowest BCUT2D eigenvalue weighted by Gasteiger charge is -2.07. The molecule has 146 valence electrons. The van der Waals surface area contributed by atoms with Gasteiger partial charge in [-0.3, -0.25) is 14.9 Å². The van der Waals surface area contributed by atoms with Crippen molar-refractivity contribution in [2.24, 2.45) is 0 Å². The first-order valence-electron chi connectivity index (χ1n) is 9.06. The molecule has 0 atom stereocenters. The van der Waals surface area contributed by atoms with Crippen LogP contribution in [0.2, 0.25) is 0 Å². The van der Waals surface area contributed by atoms with Gasteiger partial charge in [-0.2, -0.15) is 5.26 Å². The Kier molecular flexibility index (Phi) is 5.74. The summed E-state index contributed by atoms with van der Waals surface area (Å²) >= 11 is 0. The Hall–Kier alpha value is -3.92. The number of non-ortho nitro benzene ring substituents is 1. The Morgan fingerprint density at radius 3 is 2.55 bits per heavy atom. The summed E-state index contributed by atoms with van der Waals surface area (Å²) in [5.74, 6) is -0.331. The van der Waals surface area contributed by atoms with Gasteiger partial charge in [0.1, 0.15) is 6.54 Å². The van der Waals surface area contributed by atoms with Crippen molar-refractivity contribution < 1.29 is 14.5 Å². The van der Waals surface area contributed by atoms with E-state index in [1.165, 1.54) is 12.1 Å². The van der Waals surface area contributed by atoms with Gasteiger partial charge in [0, 0.05) is 34.3 Å². The molecule has 2 aromatic carbocycles. The molecule has 0 unspecified atom stereocenters. The Morgan fingerprint density at radius 1 is 1.24 bits per heavy atom. The van der Waals surface area contributed by atoms with E-state index in [4.69, 9.17) is 4.74 Å². The molecule has 1 heterocycles. The predicted octanol–water partition coefficient (Wildman–Crippen LogP) is 4.49. The molecular formula is C22H19N3O4. The number of allylic oxidation sites excluding steroid dienone is 1. The van der Waals surface area contributed by atoms with E-state index in [1.54, 1.807) is 25.1 Å². The maximum Gasteiger partial charge on any atom is 0.325 e. The fourth-order valence-corrected chi connectivity index (χ4v) is 3.27. The second-order valence-electron chi connectivity index (χ2n) is 6.38. The number of benzene rings is 2. The van der Waals surface area contributed by atoms with E-state index in [9.17, 15) is 20.2 Å². The SMILES string of the molecule is CCOC(=O)Cn1c(C)c(/C=C(/C#N)c2ccc([N+](=O)[O-])cc2)c2ccccc21. The Bertz CT molecular complexity index is 1150. The number of nitro benzene ring substituents is 1. The number of hydrogen-bond donors (Lipinski definition) is 0. The monoisotopic (exact) mass is 389 g/mol. The van der Waals surface area contributed by atoms with Crippen LogP contribution in [0.15, 0.2) is 48.5 Å². The van der Waals surface area contributed by atoms with Crippen molar-refractivity contribution in [3.8, 4) is 6.07 Å². The number of carbonyl (C=O) groups is 1. The highest BCUT2D eigenvalue weighted by Crippen LogP contribution is 2.30. The van der Waals surface area contributed by atoms with Gasteiger partial charge in [0.25, 0.3) is 5.69 Å². The molecule has 0 saturated carbocycles. The molecule has 0 aliphatic carbocycles. The number of rotatable bonds is 6. The minimum Gasteiger partial charge on any atom is -0.465 e. The Labute approximate surface area is 167 Å². The molecule has 0 N–H and O–H groups in total. The molecular weight excluding hydrogens is 370 g/mol. The maximum absolute atomic E-state index is 12.0. The molecule has 3 rings (SSSR count). The van der Waals surface area contributed by atoms with Gasteiger partial charge in [0.05, 0.1) is 23.2 Å². The van der Waals surface area contributed by atoms with Gasteiger partial charge < -0.3 is 9.30 Å². The maximum atomic E-state index is 12.0. The van der Waals surface area contributed by atoms with Crippen LogP contribution >= 0.6 is 0 Å². The summed E-state index contributed by atoms with van der Waals surface area (Å²) in [6.07, 6.45) is 1.75. The fraction of sp³-hybridized carbons (Fsp3) is 0.182. The Balaban J connectivity index is 2.10. The van der Waals surface area contributed by atoms with Gasteiger partial charge in [-0.25, -0.2) is 0 Å². The molecule has 0 radical (unpaired) electrons. The number of nitro groups is 1. The lowest BCUT2D eigenvalue weighted by molar-refractivity contribution is -0.384. The highest BCUT2D eigenvalue weighted by Gasteiger charge is 2.16. The van der Waals surface area contributed by atoms with Crippen LogP contribution < -0.4 is 0 Å². The predicted molar refractivity (Wildman–Crippen MR) is 110 cm³/mol. The average molecular weight is 389 g/mol. The first kappa shape index (κ1) is 19.8. The zero-order chi connectivity index (χ0) is 21.0. The first-order valence-corrected chi connectivity index (χ1v) is 9.06. The number of ether oxygens (including phenoxy) is 1. The van der Waals surface area contributed by atoms with Crippen molar-refractivity contribution >= 4 is 34.2 Å². The van der Waals surface area contributed by atoms with Crippen molar-refractivity contribution in [1.29, 1.82) is 5.26 Å². The third kappa shape index (κ3) is 4.01. The first-order chi connectivity index (χ1) is 14.0. The lowest BCUT2D eigenvalue weighted by Crippen LogP contribution is -2.14. The third-order valence-electron chi connectivity index (χ3n) is 4.67. The molecule has 29 heavy (non-hydrogen) atoms. The summed E-state index contributed by atoms with van der Waals surface area (Å²) in [6, 6.07) is 15.7. The lowest BCUT2D eigenvalue weighted by atomic mass is 10.0. The zero-order valence-electron chi connectivity index (χ0n) is 16.1. The number of nitrogens with zero attached hydrogens (tertiary/aromatic N) is 3. The van der Waals surface area contributed by atoms with E-state index < -0.39 is 4.92 Å². The van der Waals surface area contributed by atoms with Crippen LogP contribution in [0, 0.1) is 28.4 Å². The van der Waals surface area contributed by atoms with Crippen LogP contribution in [0.5, 0.6) is 0 Å². The topological polar surface area (TPSA) is 98.2 Å². The summed E-state index contributed by atoms with van der Waals surface area (Å²) in [6.45, 7) is 4.03. The highest BCUT2D eigenvalue weighted by molar-refractivity contribution is 5.99. The molecule has 0 spiro atoms. The van der Waals surface area contributed by atoms with Crippen LogP contribution in [-0.4, -0.2) is 22.1 Å². The molecule has 0 aliphatic rings. The van der Waals surface area contributed by atoms with Gasteiger partial charge in [-0.15, -0.1) is 0 Å². The second-order valence-corrected chi connectivity index (χ2v) is 6.38. The van der Waals surface area contributed by atoms with E-state index in [2.05, 4.69) is 6.07 Å². The van der Waals surface area contributed by atoms with Crippen molar-refractivity contribution in [3.63, 3.8) is 0 Å². The normalized spacial score (nSPS) is 11.3. The molecule has 7 nitrogen and oxygen atoms in total. The van der Waals surface area contributed by atoms with Gasteiger partial charge in [-0.05, 0) is 43.7 Å². The van der Waals surface area contributed by atoms with E-state index in [1.807, 2.05) is 35.8 Å². The molecule has 3 aromatic rings. The van der Waals surface area contributed by atoms with Crippen molar-refractivity contribution in [3.05, 3.63) is 75.5 Å². The molecule has 7 heteroatoms. The largest absolute Gasteiger partial charge is 0.465 e. The summed E-state index contributed by atoms with van der Waals surface area (Å²) in [7, 11) is 0. The van der Waals surface area contributed by atoms with Crippen LogP contribution in [0.1, 0.15) is 23.7 Å². The number of nitriles is 1. The van der Waals surface area contributed by atoms with E-state index in [-0.39, 0.29) is 18.2 Å². The van der Waals surface area contributed by atoms with Gasteiger partial charge >= 0.3 is 5.97 Å². The number of carbonyl (C=O) groups excluding carboxylic acids is 1. The minimum absolute atomic E-state index is 0.0340. The van der Waals surface area contributed by atoms with Crippen molar-refractivity contribution in [2.45, 2.75) is 20.4 Å². The van der Waals surface area contributed by atoms with Crippen LogP contribution in [0.3, 0.4) is 0 Å². The summed E-state index contributed by atoms with van der Waals surface area (Å²) in [4.78, 5) is 22.4. The summed E-state index contributed by atoms with van der Waals surface area (Å²) < 4.78 is 6.94. The Morgan fingerprint density at radius 2 is 1.93 bits per heavy atom. The number of hydrogen-bond acceptors (Lipinski definition) is 5. The second kappa shape index (κ2) is 8.40. The van der Waals surface area contributed by atoms with E-state index >= 15 is 0 Å². The number of esters is 1. The van der Waals surface area contributed by atoms with Crippen LogP contribution in [-0.2, 0) is 16.1 Å². The van der Waals surface area contributed by atoms with Crippen LogP contribution in [0.25, 0.3) is 22.6 Å². The smallest absolute Gasteiger partial charge is 0.325 e. The number of para-hydroxylation sites is 1.